The molecule has 2 aromatic carbocycles. The molecule has 8 fully saturated rings. The minimum atomic E-state index is 0.361. The predicted molar refractivity (Wildman–Crippen MR) is 164 cm³/mol. The van der Waals surface area contributed by atoms with E-state index in [1.54, 1.807) is 11.1 Å². The highest BCUT2D eigenvalue weighted by atomic mass is 79.9. The minimum Gasteiger partial charge on any atom is -0.0617 e. The summed E-state index contributed by atoms with van der Waals surface area (Å²) < 4.78 is 2.44. The Morgan fingerprint density at radius 2 is 1.08 bits per heavy atom. The summed E-state index contributed by atoms with van der Waals surface area (Å²) in [6, 6.07) is 19.2. The lowest BCUT2D eigenvalue weighted by molar-refractivity contribution is -0.272. The Bertz CT molecular complexity index is 1290. The quantitative estimate of drug-likeness (QED) is 0.315. The van der Waals surface area contributed by atoms with Gasteiger partial charge in [0.05, 0.1) is 0 Å². The monoisotopic (exact) mass is 634 g/mol. The Morgan fingerprint density at radius 1 is 0.553 bits per heavy atom. The molecule has 0 aromatic heterocycles. The molecule has 7 atom stereocenters. The Kier molecular flexibility index (Phi) is 4.91. The lowest BCUT2D eigenvalue weighted by Crippen LogP contribution is -2.71. The third-order valence-electron chi connectivity index (χ3n) is 13.9. The Balaban J connectivity index is 1.30. The van der Waals surface area contributed by atoms with Gasteiger partial charge in [-0.15, -0.1) is 0 Å². The van der Waals surface area contributed by atoms with Gasteiger partial charge in [-0.2, -0.15) is 0 Å². The van der Waals surface area contributed by atoms with E-state index < -0.39 is 0 Å². The highest BCUT2D eigenvalue weighted by molar-refractivity contribution is 9.10. The van der Waals surface area contributed by atoms with Crippen molar-refractivity contribution in [2.45, 2.75) is 109 Å². The summed E-state index contributed by atoms with van der Waals surface area (Å²) in [6.45, 7) is 10.8. The van der Waals surface area contributed by atoms with Crippen LogP contribution in [0.2, 0.25) is 0 Å². The summed E-state index contributed by atoms with van der Waals surface area (Å²) in [4.78, 5) is 0. The van der Waals surface area contributed by atoms with Crippen molar-refractivity contribution >= 4 is 31.9 Å². The summed E-state index contributed by atoms with van der Waals surface area (Å²) in [6.07, 6.45) is 16.0. The smallest absolute Gasteiger partial charge is 0.0175 e. The van der Waals surface area contributed by atoms with Gasteiger partial charge >= 0.3 is 0 Å². The average molecular weight is 637 g/mol. The van der Waals surface area contributed by atoms with Gasteiger partial charge in [0.2, 0.25) is 0 Å². The summed E-state index contributed by atoms with van der Waals surface area (Å²) in [5.74, 6) is 1.75. The maximum absolute atomic E-state index is 3.74. The molecular formula is C36H44Br2. The lowest BCUT2D eigenvalue weighted by atomic mass is 9.25. The van der Waals surface area contributed by atoms with Crippen molar-refractivity contribution in [3.63, 3.8) is 0 Å². The van der Waals surface area contributed by atoms with Crippen LogP contribution in [0.25, 0.3) is 0 Å². The van der Waals surface area contributed by atoms with Crippen molar-refractivity contribution in [3.8, 4) is 0 Å². The van der Waals surface area contributed by atoms with Gasteiger partial charge in [-0.05, 0) is 156 Å². The van der Waals surface area contributed by atoms with Crippen molar-refractivity contribution in [3.05, 3.63) is 68.6 Å². The van der Waals surface area contributed by atoms with E-state index in [9.17, 15) is 0 Å². The van der Waals surface area contributed by atoms with Gasteiger partial charge in [0.1, 0.15) is 0 Å². The number of halogens is 2. The third kappa shape index (κ3) is 3.20. The molecule has 2 aromatic rings. The zero-order chi connectivity index (χ0) is 26.4. The second-order valence-corrected chi connectivity index (χ2v) is 18.8. The molecule has 202 valence electrons. The zero-order valence-corrected chi connectivity index (χ0v) is 27.0. The maximum Gasteiger partial charge on any atom is 0.0175 e. The summed E-state index contributed by atoms with van der Waals surface area (Å²) in [7, 11) is 0. The first-order valence-corrected chi connectivity index (χ1v) is 16.9. The van der Waals surface area contributed by atoms with E-state index >= 15 is 0 Å². The van der Waals surface area contributed by atoms with Crippen molar-refractivity contribution < 1.29 is 0 Å². The Morgan fingerprint density at radius 3 is 1.63 bits per heavy atom. The van der Waals surface area contributed by atoms with Crippen molar-refractivity contribution in [2.24, 2.45) is 38.9 Å². The van der Waals surface area contributed by atoms with Crippen LogP contribution in [0, 0.1) is 38.9 Å². The van der Waals surface area contributed by atoms with Crippen molar-refractivity contribution in [1.82, 2.24) is 0 Å². The molecule has 8 aliphatic rings. The maximum atomic E-state index is 3.74. The highest BCUT2D eigenvalue weighted by Gasteiger charge is 2.75. The van der Waals surface area contributed by atoms with Gasteiger partial charge in [0.25, 0.3) is 0 Å². The van der Waals surface area contributed by atoms with Crippen LogP contribution in [0.15, 0.2) is 57.5 Å². The molecule has 0 nitrogen and oxygen atoms in total. The first-order chi connectivity index (χ1) is 17.8. The van der Waals surface area contributed by atoms with E-state index in [1.165, 1.54) is 79.6 Å². The number of hydrogen-bond donors (Lipinski definition) is 0. The van der Waals surface area contributed by atoms with Gasteiger partial charge in [-0.25, -0.2) is 0 Å². The molecule has 2 heteroatoms. The van der Waals surface area contributed by atoms with Crippen molar-refractivity contribution in [1.29, 1.82) is 0 Å². The molecule has 0 heterocycles. The SMILES string of the molecule is CC1C2CC3(c4ccc(Br)cc4)CC1(C)CC(C14CC5(C)CC(C)(CC(c6ccc(Br)cc6)(C5)C1)C4)(C2)C3. The summed E-state index contributed by atoms with van der Waals surface area (Å²) in [5.41, 5.74) is 6.45. The topological polar surface area (TPSA) is 0 Å². The van der Waals surface area contributed by atoms with Crippen LogP contribution < -0.4 is 0 Å². The minimum absolute atomic E-state index is 0.361. The van der Waals surface area contributed by atoms with Crippen LogP contribution in [-0.2, 0) is 10.8 Å². The fraction of sp³-hybridized carbons (Fsp3) is 0.667. The van der Waals surface area contributed by atoms with Gasteiger partial charge in [-0.3, -0.25) is 0 Å². The molecule has 10 rings (SSSR count). The Labute approximate surface area is 247 Å². The predicted octanol–water partition coefficient (Wildman–Crippen LogP) is 11.0. The molecule has 8 bridgehead atoms. The molecule has 0 spiro atoms. The molecule has 7 unspecified atom stereocenters. The normalized spacial score (nSPS) is 52.1. The molecule has 0 amide bonds. The average Bonchev–Trinajstić information content (AvgIpc) is 2.80. The second kappa shape index (κ2) is 7.42. The highest BCUT2D eigenvalue weighted by Crippen LogP contribution is 2.84. The molecule has 38 heavy (non-hydrogen) atoms. The second-order valence-electron chi connectivity index (χ2n) is 17.0. The van der Waals surface area contributed by atoms with Gasteiger partial charge < -0.3 is 0 Å². The standard InChI is InChI=1S/C36H44Br2/c1-24-25-13-33(26-5-9-28(37)10-6-26)20-32(24,4)21-35(14-25,22-33)36-18-30(2)15-31(3,19-36)17-34(16-30,23-36)27-7-11-29(38)12-8-27/h5-12,24-25H,13-23H2,1-4H3. The van der Waals surface area contributed by atoms with E-state index in [0.29, 0.717) is 37.9 Å². The largest absolute Gasteiger partial charge is 0.0617 e. The van der Waals surface area contributed by atoms with Crippen LogP contribution >= 0.6 is 31.9 Å². The fourth-order valence-corrected chi connectivity index (χ4v) is 14.6. The van der Waals surface area contributed by atoms with Crippen LogP contribution in [0.4, 0.5) is 0 Å². The first kappa shape index (κ1) is 25.1. The molecule has 0 saturated heterocycles. The lowest BCUT2D eigenvalue weighted by Gasteiger charge is -2.79. The molecule has 0 N–H and O–H groups in total. The summed E-state index contributed by atoms with van der Waals surface area (Å²) >= 11 is 7.47. The number of hydrogen-bond acceptors (Lipinski definition) is 0. The molecule has 8 aliphatic carbocycles. The van der Waals surface area contributed by atoms with E-state index in [4.69, 9.17) is 0 Å². The van der Waals surface area contributed by atoms with Gasteiger partial charge in [-0.1, -0.05) is 83.8 Å². The summed E-state index contributed by atoms with van der Waals surface area (Å²) in [5, 5.41) is 0. The molecular weight excluding hydrogens is 592 g/mol. The number of rotatable bonds is 3. The Hall–Kier alpha value is -0.600. The van der Waals surface area contributed by atoms with Crippen LogP contribution in [-0.4, -0.2) is 0 Å². The third-order valence-corrected chi connectivity index (χ3v) is 15.0. The van der Waals surface area contributed by atoms with Crippen molar-refractivity contribution in [2.75, 3.05) is 0 Å². The van der Waals surface area contributed by atoms with Crippen LogP contribution in [0.3, 0.4) is 0 Å². The van der Waals surface area contributed by atoms with Crippen LogP contribution in [0.5, 0.6) is 0 Å². The van der Waals surface area contributed by atoms with E-state index in [0.717, 1.165) is 11.8 Å². The van der Waals surface area contributed by atoms with Gasteiger partial charge in [0.15, 0.2) is 0 Å². The zero-order valence-electron chi connectivity index (χ0n) is 23.8. The first-order valence-electron chi connectivity index (χ1n) is 15.4. The number of benzene rings is 2. The molecule has 8 saturated carbocycles. The van der Waals surface area contributed by atoms with Gasteiger partial charge in [0, 0.05) is 8.95 Å². The van der Waals surface area contributed by atoms with Crippen LogP contribution in [0.1, 0.15) is 109 Å². The fourth-order valence-electron chi connectivity index (χ4n) is 14.1. The van der Waals surface area contributed by atoms with E-state index in [-0.39, 0.29) is 0 Å². The molecule has 0 radical (unpaired) electrons. The molecule has 0 aliphatic heterocycles. The van der Waals surface area contributed by atoms with E-state index in [1.807, 2.05) is 0 Å². The van der Waals surface area contributed by atoms with E-state index in [2.05, 4.69) is 108 Å².